The van der Waals surface area contributed by atoms with Gasteiger partial charge >= 0.3 is 5.97 Å². The van der Waals surface area contributed by atoms with Gasteiger partial charge in [0.15, 0.2) is 0 Å². The Labute approximate surface area is 141 Å². The molecule has 134 valence electrons. The Morgan fingerprint density at radius 1 is 1.12 bits per heavy atom. The normalized spacial score (nSPS) is 46.4. The number of nitrogens with two attached hydrogens (primary N) is 1. The molecule has 7 unspecified atom stereocenters. The van der Waals surface area contributed by atoms with Crippen molar-refractivity contribution in [3.05, 3.63) is 0 Å². The van der Waals surface area contributed by atoms with E-state index in [4.69, 9.17) is 10.5 Å². The predicted molar refractivity (Wildman–Crippen MR) is 85.6 cm³/mol. The average molecular weight is 337 g/mol. The van der Waals surface area contributed by atoms with E-state index in [0.29, 0.717) is 11.8 Å². The molecule has 3 aliphatic heterocycles. The summed E-state index contributed by atoms with van der Waals surface area (Å²) in [5, 5.41) is 15.7. The van der Waals surface area contributed by atoms with Gasteiger partial charge in [-0.25, -0.2) is 0 Å². The number of carboxylic acid groups (broad SMARTS) is 1. The Bertz CT molecular complexity index is 522. The van der Waals surface area contributed by atoms with Crippen LogP contribution in [0, 0.1) is 29.6 Å². The molecule has 7 atom stereocenters. The summed E-state index contributed by atoms with van der Waals surface area (Å²) in [7, 11) is 0. The summed E-state index contributed by atoms with van der Waals surface area (Å²) in [6.45, 7) is 0.903. The summed E-state index contributed by atoms with van der Waals surface area (Å²) in [6, 6.07) is 0. The Balaban J connectivity index is 1.48. The number of rotatable bonds is 2. The fraction of sp³-hybridized carbons (Fsp3) is 0.882. The van der Waals surface area contributed by atoms with Crippen LogP contribution in [0.4, 0.5) is 0 Å². The van der Waals surface area contributed by atoms with Crippen LogP contribution in [-0.4, -0.2) is 42.0 Å². The molecular weight excluding hydrogens is 310 g/mol. The van der Waals surface area contributed by atoms with Crippen LogP contribution in [0.3, 0.4) is 0 Å². The summed E-state index contributed by atoms with van der Waals surface area (Å²) in [6.07, 6.45) is 4.85. The molecule has 3 heterocycles. The Kier molecular flexibility index (Phi) is 4.36. The largest absolute Gasteiger partial charge is 0.481 e. The van der Waals surface area contributed by atoms with Crippen LogP contribution in [0.2, 0.25) is 0 Å². The second-order valence-electron chi connectivity index (χ2n) is 7.91. The molecule has 24 heavy (non-hydrogen) atoms. The lowest BCUT2D eigenvalue weighted by atomic mass is 9.72. The van der Waals surface area contributed by atoms with Crippen molar-refractivity contribution in [3.8, 4) is 0 Å². The van der Waals surface area contributed by atoms with Crippen molar-refractivity contribution >= 4 is 11.8 Å². The number of nitrogens with one attached hydrogen (secondary N) is 2. The summed E-state index contributed by atoms with van der Waals surface area (Å²) in [4.78, 5) is 24.4. The first-order valence-corrected chi connectivity index (χ1v) is 9.21. The summed E-state index contributed by atoms with van der Waals surface area (Å²) >= 11 is 0. The zero-order valence-electron chi connectivity index (χ0n) is 13.8. The highest BCUT2D eigenvalue weighted by Crippen LogP contribution is 2.42. The lowest BCUT2D eigenvalue weighted by molar-refractivity contribution is -0.188. The standard InChI is InChI=1S/C17H27N3O4/c18-14-12(17(22)23)6-11-13(21)10-5-9(8-3-1-2-4-8)7-19-15(10)24-16(11)20-14/h8-12,14-16,19-20H,1-7,18H2,(H,22,23). The molecule has 3 saturated heterocycles. The molecule has 0 amide bonds. The third kappa shape index (κ3) is 2.77. The fourth-order valence-electron chi connectivity index (χ4n) is 5.19. The van der Waals surface area contributed by atoms with E-state index in [1.54, 1.807) is 0 Å². The number of piperidine rings is 2. The quantitative estimate of drug-likeness (QED) is 0.571. The minimum absolute atomic E-state index is 0.150. The van der Waals surface area contributed by atoms with Crippen molar-refractivity contribution in [2.45, 2.75) is 57.1 Å². The van der Waals surface area contributed by atoms with Crippen LogP contribution in [-0.2, 0) is 14.3 Å². The van der Waals surface area contributed by atoms with Gasteiger partial charge in [0, 0.05) is 6.54 Å². The molecule has 0 radical (unpaired) electrons. The van der Waals surface area contributed by atoms with Gasteiger partial charge in [-0.1, -0.05) is 25.7 Å². The number of carbonyl (C=O) groups is 2. The number of aliphatic carboxylic acids is 1. The smallest absolute Gasteiger partial charge is 0.309 e. The van der Waals surface area contributed by atoms with Crippen molar-refractivity contribution in [2.75, 3.05) is 6.54 Å². The van der Waals surface area contributed by atoms with Crippen molar-refractivity contribution < 1.29 is 19.4 Å². The molecule has 4 fully saturated rings. The molecule has 0 aromatic rings. The number of hydrogen-bond acceptors (Lipinski definition) is 6. The van der Waals surface area contributed by atoms with Crippen LogP contribution in [0.15, 0.2) is 0 Å². The van der Waals surface area contributed by atoms with Gasteiger partial charge < -0.3 is 15.6 Å². The summed E-state index contributed by atoms with van der Waals surface area (Å²) in [5.74, 6) is -0.850. The molecule has 5 N–H and O–H groups in total. The second-order valence-corrected chi connectivity index (χ2v) is 7.91. The molecule has 4 rings (SSSR count). The molecule has 1 saturated carbocycles. The molecule has 7 nitrogen and oxygen atoms in total. The fourth-order valence-corrected chi connectivity index (χ4v) is 5.19. The van der Waals surface area contributed by atoms with E-state index in [2.05, 4.69) is 10.6 Å². The number of Topliss-reactive ketones (excluding diaryl/α,β-unsaturated/α-hetero) is 1. The minimum Gasteiger partial charge on any atom is -0.481 e. The Morgan fingerprint density at radius 3 is 2.54 bits per heavy atom. The van der Waals surface area contributed by atoms with Gasteiger partial charge in [0.2, 0.25) is 0 Å². The molecule has 0 bridgehead atoms. The number of ether oxygens (including phenoxy) is 1. The number of fused-ring (bicyclic) bond motifs is 2. The van der Waals surface area contributed by atoms with E-state index in [0.717, 1.165) is 13.0 Å². The van der Waals surface area contributed by atoms with Crippen LogP contribution in [0.25, 0.3) is 0 Å². The average Bonchev–Trinajstić information content (AvgIpc) is 3.08. The maximum Gasteiger partial charge on any atom is 0.309 e. The number of ketones is 1. The van der Waals surface area contributed by atoms with Gasteiger partial charge in [-0.05, 0) is 24.7 Å². The number of hydrogen-bond donors (Lipinski definition) is 4. The first-order chi connectivity index (χ1) is 11.5. The first kappa shape index (κ1) is 16.4. The van der Waals surface area contributed by atoms with Gasteiger partial charge in [0.05, 0.1) is 23.9 Å². The van der Waals surface area contributed by atoms with Gasteiger partial charge in [-0.3, -0.25) is 20.2 Å². The number of carbonyl (C=O) groups excluding carboxylic acids is 1. The highest BCUT2D eigenvalue weighted by atomic mass is 16.5. The lowest BCUT2D eigenvalue weighted by Crippen LogP contribution is -2.68. The SMILES string of the molecule is NC1NC2OC3NCC(C4CCCC4)CC3C(=O)C2CC1C(=O)O. The zero-order chi connectivity index (χ0) is 16.8. The van der Waals surface area contributed by atoms with E-state index in [1.807, 2.05) is 0 Å². The van der Waals surface area contributed by atoms with Crippen LogP contribution in [0.5, 0.6) is 0 Å². The highest BCUT2D eigenvalue weighted by Gasteiger charge is 2.52. The molecule has 4 aliphatic rings. The van der Waals surface area contributed by atoms with Crippen molar-refractivity contribution in [1.82, 2.24) is 10.6 Å². The van der Waals surface area contributed by atoms with Gasteiger partial charge in [-0.15, -0.1) is 0 Å². The van der Waals surface area contributed by atoms with Gasteiger partial charge in [-0.2, -0.15) is 0 Å². The predicted octanol–water partition coefficient (Wildman–Crippen LogP) is 0.249. The van der Waals surface area contributed by atoms with Gasteiger partial charge in [0.1, 0.15) is 18.2 Å². The van der Waals surface area contributed by atoms with Crippen LogP contribution < -0.4 is 16.4 Å². The Morgan fingerprint density at radius 2 is 1.83 bits per heavy atom. The first-order valence-electron chi connectivity index (χ1n) is 9.21. The molecule has 0 spiro atoms. The topological polar surface area (TPSA) is 114 Å². The lowest BCUT2D eigenvalue weighted by Gasteiger charge is -2.49. The molecule has 0 aromatic heterocycles. The molecule has 1 aliphatic carbocycles. The van der Waals surface area contributed by atoms with E-state index in [1.165, 1.54) is 25.7 Å². The molecule has 7 heteroatoms. The van der Waals surface area contributed by atoms with E-state index < -0.39 is 30.2 Å². The monoisotopic (exact) mass is 337 g/mol. The van der Waals surface area contributed by atoms with Gasteiger partial charge in [0.25, 0.3) is 0 Å². The summed E-state index contributed by atoms with van der Waals surface area (Å²) < 4.78 is 6.06. The van der Waals surface area contributed by atoms with Crippen molar-refractivity contribution in [1.29, 1.82) is 0 Å². The van der Waals surface area contributed by atoms with Crippen molar-refractivity contribution in [2.24, 2.45) is 35.3 Å². The maximum absolute atomic E-state index is 13.0. The number of carboxylic acids is 1. The maximum atomic E-state index is 13.0. The van der Waals surface area contributed by atoms with Crippen molar-refractivity contribution in [3.63, 3.8) is 0 Å². The second kappa shape index (κ2) is 6.37. The zero-order valence-corrected chi connectivity index (χ0v) is 13.8. The highest BCUT2D eigenvalue weighted by molar-refractivity contribution is 5.86. The Hall–Kier alpha value is -1.02. The third-order valence-electron chi connectivity index (χ3n) is 6.57. The summed E-state index contributed by atoms with van der Waals surface area (Å²) in [5.41, 5.74) is 5.90. The van der Waals surface area contributed by atoms with E-state index >= 15 is 0 Å². The third-order valence-corrected chi connectivity index (χ3v) is 6.57. The van der Waals surface area contributed by atoms with E-state index in [9.17, 15) is 14.7 Å². The minimum atomic E-state index is -0.950. The molecule has 0 aromatic carbocycles. The van der Waals surface area contributed by atoms with E-state index in [-0.39, 0.29) is 24.3 Å². The van der Waals surface area contributed by atoms with Crippen LogP contribution in [0.1, 0.15) is 38.5 Å². The molecular formula is C17H27N3O4. The van der Waals surface area contributed by atoms with Crippen LogP contribution >= 0.6 is 0 Å².